The summed E-state index contributed by atoms with van der Waals surface area (Å²) in [6.07, 6.45) is 0.711. The topological polar surface area (TPSA) is 52.0 Å². The second-order valence-corrected chi connectivity index (χ2v) is 4.63. The lowest BCUT2D eigenvalue weighted by molar-refractivity contribution is 0.406. The molecule has 1 aromatic carbocycles. The molecular formula is C11H17ClN2. The lowest BCUT2D eigenvalue weighted by Crippen LogP contribution is -2.51. The van der Waals surface area contributed by atoms with Crippen LogP contribution in [0.15, 0.2) is 24.3 Å². The lowest BCUT2D eigenvalue weighted by Gasteiger charge is -2.27. The van der Waals surface area contributed by atoms with E-state index in [0.717, 1.165) is 10.6 Å². The maximum Gasteiger partial charge on any atom is 0.0438 e. The van der Waals surface area contributed by atoms with Crippen molar-refractivity contribution < 1.29 is 0 Å². The summed E-state index contributed by atoms with van der Waals surface area (Å²) < 4.78 is 0. The molecule has 1 rings (SSSR count). The van der Waals surface area contributed by atoms with Crippen LogP contribution in [0.4, 0.5) is 0 Å². The summed E-state index contributed by atoms with van der Waals surface area (Å²) in [6, 6.07) is 7.63. The number of rotatable bonds is 3. The Kier molecular flexibility index (Phi) is 3.53. The highest BCUT2D eigenvalue weighted by Gasteiger charge is 2.21. The Balaban J connectivity index is 2.75. The molecule has 0 aliphatic heterocycles. The fourth-order valence-electron chi connectivity index (χ4n) is 1.16. The van der Waals surface area contributed by atoms with Crippen LogP contribution < -0.4 is 11.5 Å². The highest BCUT2D eigenvalue weighted by atomic mass is 35.5. The van der Waals surface area contributed by atoms with Crippen LogP contribution in [0.25, 0.3) is 0 Å². The first-order chi connectivity index (χ1) is 6.41. The Hall–Kier alpha value is -0.570. The molecule has 0 aliphatic rings. The summed E-state index contributed by atoms with van der Waals surface area (Å²) in [7, 11) is 0. The standard InChI is InChI=1S/C11H17ClN2/c1-11(2,14)10(13)7-8-5-3-4-6-9(8)12/h3-6,10H,7,13-14H2,1-2H3. The Morgan fingerprint density at radius 3 is 2.43 bits per heavy atom. The molecule has 1 atom stereocenters. The molecule has 0 aliphatic carbocycles. The van der Waals surface area contributed by atoms with Gasteiger partial charge < -0.3 is 11.5 Å². The molecule has 0 fully saturated rings. The first-order valence-corrected chi connectivity index (χ1v) is 5.07. The molecule has 14 heavy (non-hydrogen) atoms. The molecule has 1 unspecified atom stereocenters. The fraction of sp³-hybridized carbons (Fsp3) is 0.455. The molecule has 4 N–H and O–H groups in total. The second-order valence-electron chi connectivity index (χ2n) is 4.22. The van der Waals surface area contributed by atoms with Gasteiger partial charge in [0.1, 0.15) is 0 Å². The molecule has 0 heterocycles. The molecule has 0 bridgehead atoms. The van der Waals surface area contributed by atoms with E-state index in [1.54, 1.807) is 0 Å². The molecule has 0 aromatic heterocycles. The van der Waals surface area contributed by atoms with E-state index in [1.165, 1.54) is 0 Å². The minimum absolute atomic E-state index is 0.0811. The van der Waals surface area contributed by atoms with Gasteiger partial charge in [0.05, 0.1) is 0 Å². The molecule has 3 heteroatoms. The van der Waals surface area contributed by atoms with Gasteiger partial charge in [-0.3, -0.25) is 0 Å². The third-order valence-electron chi connectivity index (χ3n) is 2.35. The molecule has 1 aromatic rings. The van der Waals surface area contributed by atoms with Gasteiger partial charge >= 0.3 is 0 Å². The number of hydrogen-bond acceptors (Lipinski definition) is 2. The van der Waals surface area contributed by atoms with E-state index >= 15 is 0 Å². The summed E-state index contributed by atoms with van der Waals surface area (Å²) in [5, 5.41) is 0.757. The van der Waals surface area contributed by atoms with Gasteiger partial charge in [0.2, 0.25) is 0 Å². The van der Waals surface area contributed by atoms with Gasteiger partial charge in [0.15, 0.2) is 0 Å². The molecule has 0 amide bonds. The zero-order valence-electron chi connectivity index (χ0n) is 8.63. The third kappa shape index (κ3) is 2.98. The van der Waals surface area contributed by atoms with Gasteiger partial charge in [-0.25, -0.2) is 0 Å². The van der Waals surface area contributed by atoms with Crippen LogP contribution in [-0.2, 0) is 6.42 Å². The minimum Gasteiger partial charge on any atom is -0.326 e. The number of hydrogen-bond donors (Lipinski definition) is 2. The van der Waals surface area contributed by atoms with E-state index in [1.807, 2.05) is 38.1 Å². The fourth-order valence-corrected chi connectivity index (χ4v) is 1.38. The summed E-state index contributed by atoms with van der Waals surface area (Å²) in [6.45, 7) is 3.85. The molecule has 78 valence electrons. The average molecular weight is 213 g/mol. The molecule has 0 saturated heterocycles. The first kappa shape index (κ1) is 11.5. The second kappa shape index (κ2) is 4.30. The van der Waals surface area contributed by atoms with Crippen LogP contribution in [0.1, 0.15) is 19.4 Å². The molecular weight excluding hydrogens is 196 g/mol. The van der Waals surface area contributed by atoms with Gasteiger partial charge in [-0.1, -0.05) is 29.8 Å². The van der Waals surface area contributed by atoms with Crippen molar-refractivity contribution >= 4 is 11.6 Å². The van der Waals surface area contributed by atoms with E-state index in [0.29, 0.717) is 6.42 Å². The van der Waals surface area contributed by atoms with E-state index in [2.05, 4.69) is 0 Å². The van der Waals surface area contributed by atoms with Crippen LogP contribution in [0, 0.1) is 0 Å². The van der Waals surface area contributed by atoms with Crippen LogP contribution in [0.3, 0.4) is 0 Å². The van der Waals surface area contributed by atoms with Crippen molar-refractivity contribution in [2.75, 3.05) is 0 Å². The lowest BCUT2D eigenvalue weighted by atomic mass is 9.91. The summed E-state index contributed by atoms with van der Waals surface area (Å²) in [5.74, 6) is 0. The van der Waals surface area contributed by atoms with Gasteiger partial charge in [-0.2, -0.15) is 0 Å². The zero-order chi connectivity index (χ0) is 10.8. The van der Waals surface area contributed by atoms with Crippen molar-refractivity contribution in [3.05, 3.63) is 34.9 Å². The van der Waals surface area contributed by atoms with Crippen LogP contribution in [0.2, 0.25) is 5.02 Å². The van der Waals surface area contributed by atoms with Crippen LogP contribution in [0.5, 0.6) is 0 Å². The van der Waals surface area contributed by atoms with Crippen LogP contribution in [-0.4, -0.2) is 11.6 Å². The maximum absolute atomic E-state index is 6.02. The molecule has 2 nitrogen and oxygen atoms in total. The van der Waals surface area contributed by atoms with E-state index in [9.17, 15) is 0 Å². The van der Waals surface area contributed by atoms with Gasteiger partial charge in [-0.05, 0) is 31.9 Å². The van der Waals surface area contributed by atoms with Crippen LogP contribution >= 0.6 is 11.6 Å². The highest BCUT2D eigenvalue weighted by Crippen LogP contribution is 2.18. The van der Waals surface area contributed by atoms with Gasteiger partial charge in [-0.15, -0.1) is 0 Å². The van der Waals surface area contributed by atoms with Crippen molar-refractivity contribution in [2.45, 2.75) is 31.8 Å². The Morgan fingerprint density at radius 1 is 1.36 bits per heavy atom. The van der Waals surface area contributed by atoms with Crippen molar-refractivity contribution in [1.82, 2.24) is 0 Å². The number of benzene rings is 1. The normalized spacial score (nSPS) is 14.1. The first-order valence-electron chi connectivity index (χ1n) is 4.69. The quantitative estimate of drug-likeness (QED) is 0.805. The zero-order valence-corrected chi connectivity index (χ0v) is 9.38. The Bertz CT molecular complexity index is 304. The molecule has 0 spiro atoms. The summed E-state index contributed by atoms with van der Waals surface area (Å²) in [5.41, 5.74) is 12.6. The van der Waals surface area contributed by atoms with Crippen molar-refractivity contribution in [1.29, 1.82) is 0 Å². The Morgan fingerprint density at radius 2 is 1.93 bits per heavy atom. The summed E-state index contributed by atoms with van der Waals surface area (Å²) >= 11 is 6.02. The van der Waals surface area contributed by atoms with E-state index in [4.69, 9.17) is 23.1 Å². The van der Waals surface area contributed by atoms with Crippen molar-refractivity contribution in [3.8, 4) is 0 Å². The minimum atomic E-state index is -0.376. The van der Waals surface area contributed by atoms with Crippen molar-refractivity contribution in [3.63, 3.8) is 0 Å². The number of nitrogens with two attached hydrogens (primary N) is 2. The Labute approximate surface area is 90.2 Å². The van der Waals surface area contributed by atoms with Gasteiger partial charge in [0.25, 0.3) is 0 Å². The molecule has 0 saturated carbocycles. The third-order valence-corrected chi connectivity index (χ3v) is 2.72. The average Bonchev–Trinajstić information content (AvgIpc) is 2.07. The van der Waals surface area contributed by atoms with E-state index in [-0.39, 0.29) is 11.6 Å². The SMILES string of the molecule is CC(C)(N)C(N)Cc1ccccc1Cl. The maximum atomic E-state index is 6.02. The highest BCUT2D eigenvalue weighted by molar-refractivity contribution is 6.31. The largest absolute Gasteiger partial charge is 0.326 e. The number of halogens is 1. The van der Waals surface area contributed by atoms with Gasteiger partial charge in [0, 0.05) is 16.6 Å². The van der Waals surface area contributed by atoms with Crippen molar-refractivity contribution in [2.24, 2.45) is 11.5 Å². The molecule has 0 radical (unpaired) electrons. The monoisotopic (exact) mass is 212 g/mol. The summed E-state index contributed by atoms with van der Waals surface area (Å²) in [4.78, 5) is 0. The predicted octanol–water partition coefficient (Wildman–Crippen LogP) is 1.95. The smallest absolute Gasteiger partial charge is 0.0438 e. The predicted molar refractivity (Wildman–Crippen MR) is 61.4 cm³/mol. The van der Waals surface area contributed by atoms with E-state index < -0.39 is 0 Å².